The molecule has 19 heavy (non-hydrogen) atoms. The summed E-state index contributed by atoms with van der Waals surface area (Å²) < 4.78 is 0. The zero-order chi connectivity index (χ0) is 14.3. The molecular weight excluding hydrogens is 268 g/mol. The number of hydrogen-bond donors (Lipinski definition) is 4. The molecule has 0 heterocycles. The monoisotopic (exact) mass is 284 g/mol. The normalized spacial score (nSPS) is 10.0. The van der Waals surface area contributed by atoms with Crippen LogP contribution in [0.25, 0.3) is 0 Å². The molecule has 0 saturated heterocycles. The number of hydrogen-bond acceptors (Lipinski definition) is 4. The molecule has 2 amide bonds. The van der Waals surface area contributed by atoms with Crippen molar-refractivity contribution in [3.05, 3.63) is 28.8 Å². The van der Waals surface area contributed by atoms with E-state index >= 15 is 0 Å². The molecule has 0 aromatic heterocycles. The van der Waals surface area contributed by atoms with Crippen LogP contribution in [0.5, 0.6) is 0 Å². The van der Waals surface area contributed by atoms with E-state index in [2.05, 4.69) is 10.7 Å². The maximum absolute atomic E-state index is 11.9. The van der Waals surface area contributed by atoms with Gasteiger partial charge in [0, 0.05) is 18.0 Å². The highest BCUT2D eigenvalue weighted by molar-refractivity contribution is 6.31. The largest absolute Gasteiger partial charge is 0.370 e. The molecule has 0 saturated carbocycles. The highest BCUT2D eigenvalue weighted by atomic mass is 35.5. The third kappa shape index (κ3) is 5.15. The van der Waals surface area contributed by atoms with Gasteiger partial charge in [0.2, 0.25) is 5.91 Å². The minimum Gasteiger partial charge on any atom is -0.370 e. The van der Waals surface area contributed by atoms with Gasteiger partial charge in [0.15, 0.2) is 0 Å². The number of carbonyl (C=O) groups excluding carboxylic acids is 2. The summed E-state index contributed by atoms with van der Waals surface area (Å²) >= 11 is 5.84. The molecule has 0 unspecified atom stereocenters. The third-order valence-electron chi connectivity index (χ3n) is 2.52. The molecule has 0 aliphatic rings. The van der Waals surface area contributed by atoms with Crippen LogP contribution in [-0.4, -0.2) is 18.4 Å². The molecule has 7 heteroatoms. The molecule has 0 bridgehead atoms. The number of nitrogen functional groups attached to an aromatic ring is 1. The van der Waals surface area contributed by atoms with Gasteiger partial charge < -0.3 is 16.5 Å². The first-order chi connectivity index (χ1) is 9.04. The lowest BCUT2D eigenvalue weighted by atomic mass is 10.1. The van der Waals surface area contributed by atoms with Gasteiger partial charge in [0.1, 0.15) is 0 Å². The number of carbonyl (C=O) groups is 2. The van der Waals surface area contributed by atoms with Gasteiger partial charge in [-0.2, -0.15) is 0 Å². The van der Waals surface area contributed by atoms with Crippen molar-refractivity contribution < 1.29 is 9.59 Å². The smallest absolute Gasteiger partial charge is 0.253 e. The minimum absolute atomic E-state index is 0.269. The lowest BCUT2D eigenvalue weighted by Gasteiger charge is -2.10. The Kier molecular flexibility index (Phi) is 6.11. The van der Waals surface area contributed by atoms with E-state index in [-0.39, 0.29) is 11.8 Å². The second-order valence-corrected chi connectivity index (χ2v) is 4.45. The van der Waals surface area contributed by atoms with E-state index in [0.717, 1.165) is 0 Å². The fraction of sp³-hybridized carbons (Fsp3) is 0.333. The lowest BCUT2D eigenvalue weighted by molar-refractivity contribution is -0.118. The Hall–Kier alpha value is -1.79. The number of nitrogens with one attached hydrogen (secondary N) is 2. The van der Waals surface area contributed by atoms with Crippen LogP contribution in [0, 0.1) is 0 Å². The predicted molar refractivity (Wildman–Crippen MR) is 74.6 cm³/mol. The Balaban J connectivity index is 2.49. The second kappa shape index (κ2) is 7.60. The average Bonchev–Trinajstić information content (AvgIpc) is 2.37. The summed E-state index contributed by atoms with van der Waals surface area (Å²) in [5.74, 6) is 4.72. The first-order valence-electron chi connectivity index (χ1n) is 5.87. The van der Waals surface area contributed by atoms with Crippen molar-refractivity contribution in [2.24, 2.45) is 11.6 Å². The van der Waals surface area contributed by atoms with E-state index in [0.29, 0.717) is 42.1 Å². The number of anilines is 1. The van der Waals surface area contributed by atoms with Crippen molar-refractivity contribution in [2.45, 2.75) is 19.3 Å². The molecule has 1 rings (SSSR count). The number of hydrazine groups is 1. The van der Waals surface area contributed by atoms with Crippen molar-refractivity contribution in [3.63, 3.8) is 0 Å². The van der Waals surface area contributed by atoms with E-state index in [1.807, 2.05) is 0 Å². The van der Waals surface area contributed by atoms with E-state index in [4.69, 9.17) is 23.2 Å². The molecule has 104 valence electrons. The fourth-order valence-corrected chi connectivity index (χ4v) is 1.72. The van der Waals surface area contributed by atoms with E-state index in [1.54, 1.807) is 12.1 Å². The molecule has 0 fully saturated rings. The summed E-state index contributed by atoms with van der Waals surface area (Å²) in [7, 11) is 0. The Morgan fingerprint density at radius 1 is 1.26 bits per heavy atom. The molecule has 6 nitrogen and oxygen atoms in total. The van der Waals surface area contributed by atoms with Crippen LogP contribution in [0.15, 0.2) is 18.2 Å². The zero-order valence-electron chi connectivity index (χ0n) is 10.4. The molecule has 0 aliphatic heterocycles. The summed E-state index contributed by atoms with van der Waals surface area (Å²) in [6.07, 6.45) is 1.65. The molecule has 1 aromatic rings. The lowest BCUT2D eigenvalue weighted by Crippen LogP contribution is -2.26. The van der Waals surface area contributed by atoms with Crippen molar-refractivity contribution in [1.29, 1.82) is 0 Å². The predicted octanol–water partition coefficient (Wildman–Crippen LogP) is 1.01. The third-order valence-corrected chi connectivity index (χ3v) is 2.75. The van der Waals surface area contributed by atoms with Crippen LogP contribution < -0.4 is 22.3 Å². The molecule has 0 radical (unpaired) electrons. The number of rotatable bonds is 7. The van der Waals surface area contributed by atoms with Crippen LogP contribution in [0.4, 0.5) is 5.69 Å². The van der Waals surface area contributed by atoms with Gasteiger partial charge in [0.25, 0.3) is 5.91 Å². The maximum atomic E-state index is 11.9. The summed E-state index contributed by atoms with van der Waals surface area (Å²) in [6.45, 7) is 0.461. The number of nitrogens with two attached hydrogens (primary N) is 2. The quantitative estimate of drug-likeness (QED) is 0.340. The van der Waals surface area contributed by atoms with Crippen LogP contribution in [-0.2, 0) is 4.79 Å². The number of benzene rings is 1. The van der Waals surface area contributed by atoms with E-state index < -0.39 is 0 Å². The van der Waals surface area contributed by atoms with Crippen molar-refractivity contribution in [3.8, 4) is 0 Å². The van der Waals surface area contributed by atoms with Crippen LogP contribution in [0.2, 0.25) is 5.02 Å². The Morgan fingerprint density at radius 2 is 2.00 bits per heavy atom. The van der Waals surface area contributed by atoms with Crippen molar-refractivity contribution in [1.82, 2.24) is 5.32 Å². The number of amides is 2. The van der Waals surface area contributed by atoms with Gasteiger partial charge in [-0.1, -0.05) is 11.6 Å². The maximum Gasteiger partial charge on any atom is 0.253 e. The van der Waals surface area contributed by atoms with Gasteiger partial charge >= 0.3 is 0 Å². The number of halogens is 1. The van der Waals surface area contributed by atoms with E-state index in [9.17, 15) is 9.59 Å². The van der Waals surface area contributed by atoms with Gasteiger partial charge in [0.05, 0.1) is 11.3 Å². The average molecular weight is 285 g/mol. The van der Waals surface area contributed by atoms with Gasteiger partial charge in [-0.05, 0) is 31.0 Å². The van der Waals surface area contributed by atoms with Crippen LogP contribution in [0.3, 0.4) is 0 Å². The molecule has 0 aliphatic carbocycles. The minimum atomic E-state index is -0.337. The van der Waals surface area contributed by atoms with Crippen molar-refractivity contribution in [2.75, 3.05) is 12.0 Å². The van der Waals surface area contributed by atoms with Crippen molar-refractivity contribution >= 4 is 29.1 Å². The highest BCUT2D eigenvalue weighted by Gasteiger charge is 2.11. The standard InChI is InChI=1S/C12H17ClN4O2/c13-8-4-5-10(17-15)9(7-8)12(19)16-6-2-1-3-11(14)18/h4-5,7,17H,1-3,6,15H2,(H2,14,18)(H,16,19). The second-order valence-electron chi connectivity index (χ2n) is 4.01. The Morgan fingerprint density at radius 3 is 2.63 bits per heavy atom. The molecule has 0 spiro atoms. The number of unbranched alkanes of at least 4 members (excludes halogenated alkanes) is 1. The van der Waals surface area contributed by atoms with Gasteiger partial charge in [-0.3, -0.25) is 15.4 Å². The van der Waals surface area contributed by atoms with Gasteiger partial charge in [-0.25, -0.2) is 0 Å². The Bertz CT molecular complexity index is 465. The topological polar surface area (TPSA) is 110 Å². The molecular formula is C12H17ClN4O2. The fourth-order valence-electron chi connectivity index (χ4n) is 1.55. The molecule has 6 N–H and O–H groups in total. The summed E-state index contributed by atoms with van der Waals surface area (Å²) in [6, 6.07) is 4.81. The highest BCUT2D eigenvalue weighted by Crippen LogP contribution is 2.19. The SMILES string of the molecule is NNc1ccc(Cl)cc1C(=O)NCCCCC(N)=O. The molecule has 0 atom stereocenters. The first kappa shape index (κ1) is 15.3. The first-order valence-corrected chi connectivity index (χ1v) is 6.25. The summed E-state index contributed by atoms with van der Waals surface area (Å²) in [5.41, 5.74) is 8.34. The zero-order valence-corrected chi connectivity index (χ0v) is 11.2. The van der Waals surface area contributed by atoms with Gasteiger partial charge in [-0.15, -0.1) is 0 Å². The molecule has 1 aromatic carbocycles. The van der Waals surface area contributed by atoms with Crippen LogP contribution in [0.1, 0.15) is 29.6 Å². The van der Waals surface area contributed by atoms with E-state index in [1.165, 1.54) is 6.07 Å². The summed E-state index contributed by atoms with van der Waals surface area (Å²) in [4.78, 5) is 22.5. The summed E-state index contributed by atoms with van der Waals surface area (Å²) in [5, 5.41) is 3.19. The number of primary amides is 1. The Labute approximate surface area is 116 Å². The van der Waals surface area contributed by atoms with Crippen LogP contribution >= 0.6 is 11.6 Å².